The topological polar surface area (TPSA) is 40.2 Å². The van der Waals surface area contributed by atoms with Gasteiger partial charge in [0.25, 0.3) is 0 Å². The summed E-state index contributed by atoms with van der Waals surface area (Å²) in [4.78, 5) is 2.45. The van der Waals surface area contributed by atoms with E-state index < -0.39 is 0 Å². The van der Waals surface area contributed by atoms with Crippen LogP contribution in [0.1, 0.15) is 48.9 Å². The van der Waals surface area contributed by atoms with Crippen LogP contribution in [-0.2, 0) is 12.8 Å². The minimum absolute atomic E-state index is 0.331. The van der Waals surface area contributed by atoms with Crippen molar-refractivity contribution in [3.63, 3.8) is 0 Å². The van der Waals surface area contributed by atoms with Crippen molar-refractivity contribution in [3.8, 4) is 34.1 Å². The monoisotopic (exact) mass is 411 g/mol. The second-order valence-corrected chi connectivity index (χ2v) is 8.23. The highest BCUT2D eigenvalue weighted by molar-refractivity contribution is 5.85. The van der Waals surface area contributed by atoms with Crippen molar-refractivity contribution < 1.29 is 18.9 Å². The van der Waals surface area contributed by atoms with Crippen molar-refractivity contribution in [2.45, 2.75) is 45.1 Å². The predicted octanol–water partition coefficient (Wildman–Crippen LogP) is 5.03. The zero-order valence-electron chi connectivity index (χ0n) is 18.8. The number of fused-ring (bicyclic) bond motifs is 2. The molecule has 162 valence electrons. The summed E-state index contributed by atoms with van der Waals surface area (Å²) in [5, 5.41) is 0. The van der Waals surface area contributed by atoms with E-state index in [1.807, 2.05) is 0 Å². The third-order valence-electron chi connectivity index (χ3n) is 6.47. The Balaban J connectivity index is 1.86. The Hall–Kier alpha value is -2.40. The first kappa shape index (κ1) is 20.9. The van der Waals surface area contributed by atoms with Gasteiger partial charge in [0.15, 0.2) is 23.0 Å². The van der Waals surface area contributed by atoms with Gasteiger partial charge in [0.1, 0.15) is 0 Å². The van der Waals surface area contributed by atoms with Gasteiger partial charge >= 0.3 is 0 Å². The Labute approximate surface area is 179 Å². The molecule has 2 aliphatic rings. The van der Waals surface area contributed by atoms with E-state index in [0.717, 1.165) is 59.9 Å². The normalized spacial score (nSPS) is 17.2. The highest BCUT2D eigenvalue weighted by Gasteiger charge is 2.37. The summed E-state index contributed by atoms with van der Waals surface area (Å²) in [6, 6.07) is 6.78. The molecule has 0 saturated heterocycles. The fourth-order valence-electron chi connectivity index (χ4n) is 4.87. The summed E-state index contributed by atoms with van der Waals surface area (Å²) < 4.78 is 23.4. The molecule has 0 saturated carbocycles. The fraction of sp³-hybridized carbons (Fsp3) is 0.520. The Kier molecular flexibility index (Phi) is 6.09. The molecule has 0 unspecified atom stereocenters. The van der Waals surface area contributed by atoms with Crippen molar-refractivity contribution in [1.82, 2.24) is 4.90 Å². The van der Waals surface area contributed by atoms with Crippen LogP contribution in [0.3, 0.4) is 0 Å². The van der Waals surface area contributed by atoms with E-state index >= 15 is 0 Å². The van der Waals surface area contributed by atoms with Gasteiger partial charge in [-0.25, -0.2) is 0 Å². The van der Waals surface area contributed by atoms with Crippen LogP contribution in [0.15, 0.2) is 18.2 Å². The SMILES string of the molecule is CCCCCOc1cc2c(cc1OC)-c1c(OC)c(OC)cc3c1[C@H](C2)N(C)CC3. The first-order valence-corrected chi connectivity index (χ1v) is 10.9. The molecule has 1 heterocycles. The van der Waals surface area contributed by atoms with Crippen LogP contribution in [0.2, 0.25) is 0 Å². The van der Waals surface area contributed by atoms with Gasteiger partial charge in [-0.15, -0.1) is 0 Å². The number of nitrogens with zero attached hydrogens (tertiary/aromatic N) is 1. The summed E-state index contributed by atoms with van der Waals surface area (Å²) >= 11 is 0. The molecule has 0 bridgehead atoms. The number of likely N-dealkylation sites (N-methyl/N-ethyl adjacent to an activating group) is 1. The number of ether oxygens (including phenoxy) is 4. The van der Waals surface area contributed by atoms with Crippen LogP contribution in [-0.4, -0.2) is 46.4 Å². The lowest BCUT2D eigenvalue weighted by Crippen LogP contribution is -2.35. The van der Waals surface area contributed by atoms with E-state index in [4.69, 9.17) is 18.9 Å². The van der Waals surface area contributed by atoms with Gasteiger partial charge in [-0.05, 0) is 66.8 Å². The summed E-state index contributed by atoms with van der Waals surface area (Å²) in [6.07, 6.45) is 5.38. The minimum Gasteiger partial charge on any atom is -0.493 e. The number of benzene rings is 2. The fourth-order valence-corrected chi connectivity index (χ4v) is 4.87. The van der Waals surface area contributed by atoms with E-state index in [1.165, 1.54) is 29.5 Å². The summed E-state index contributed by atoms with van der Waals surface area (Å²) in [6.45, 7) is 3.95. The largest absolute Gasteiger partial charge is 0.493 e. The molecule has 1 atom stereocenters. The summed E-state index contributed by atoms with van der Waals surface area (Å²) in [7, 11) is 7.35. The molecule has 5 heteroatoms. The van der Waals surface area contributed by atoms with Crippen molar-refractivity contribution in [3.05, 3.63) is 34.9 Å². The third-order valence-corrected chi connectivity index (χ3v) is 6.47. The van der Waals surface area contributed by atoms with Gasteiger partial charge in [-0.2, -0.15) is 0 Å². The first-order chi connectivity index (χ1) is 14.6. The molecule has 2 aromatic carbocycles. The predicted molar refractivity (Wildman–Crippen MR) is 119 cm³/mol. The average molecular weight is 412 g/mol. The van der Waals surface area contributed by atoms with Crippen molar-refractivity contribution in [2.24, 2.45) is 0 Å². The molecule has 4 rings (SSSR count). The maximum Gasteiger partial charge on any atom is 0.168 e. The van der Waals surface area contributed by atoms with Gasteiger partial charge in [-0.1, -0.05) is 19.8 Å². The Morgan fingerprint density at radius 3 is 2.40 bits per heavy atom. The zero-order chi connectivity index (χ0) is 21.3. The van der Waals surface area contributed by atoms with Crippen LogP contribution in [0.4, 0.5) is 0 Å². The van der Waals surface area contributed by atoms with Crippen LogP contribution in [0.25, 0.3) is 11.1 Å². The Morgan fingerprint density at radius 1 is 0.933 bits per heavy atom. The van der Waals surface area contributed by atoms with E-state index in [1.54, 1.807) is 21.3 Å². The molecule has 1 aliphatic heterocycles. The van der Waals surface area contributed by atoms with Gasteiger partial charge in [0, 0.05) is 18.2 Å². The van der Waals surface area contributed by atoms with Crippen molar-refractivity contribution in [1.29, 1.82) is 0 Å². The molecular formula is C25H33NO4. The quantitative estimate of drug-likeness (QED) is 0.570. The van der Waals surface area contributed by atoms with Crippen LogP contribution in [0, 0.1) is 0 Å². The van der Waals surface area contributed by atoms with E-state index in [0.29, 0.717) is 12.6 Å². The lowest BCUT2D eigenvalue weighted by molar-refractivity contribution is 0.226. The Bertz CT molecular complexity index is 924. The first-order valence-electron chi connectivity index (χ1n) is 10.9. The molecule has 30 heavy (non-hydrogen) atoms. The van der Waals surface area contributed by atoms with E-state index in [9.17, 15) is 0 Å². The van der Waals surface area contributed by atoms with Gasteiger partial charge in [-0.3, -0.25) is 4.90 Å². The minimum atomic E-state index is 0.331. The second kappa shape index (κ2) is 8.76. The molecule has 0 radical (unpaired) electrons. The van der Waals surface area contributed by atoms with Crippen molar-refractivity contribution in [2.75, 3.05) is 41.5 Å². The highest BCUT2D eigenvalue weighted by Crippen LogP contribution is 2.53. The van der Waals surface area contributed by atoms with Crippen molar-refractivity contribution >= 4 is 0 Å². The number of hydrogen-bond donors (Lipinski definition) is 0. The smallest absolute Gasteiger partial charge is 0.168 e. The molecule has 2 aromatic rings. The standard InChI is InChI=1S/C25H33NO4/c1-6-7-8-11-30-21-14-17-12-19-23-16(9-10-26(19)2)13-22(28-4)25(29-5)24(23)18(17)15-20(21)27-3/h13-15,19H,6-12H2,1-5H3/t19-/m0/s1. The molecule has 0 amide bonds. The van der Waals surface area contributed by atoms with E-state index in [-0.39, 0.29) is 0 Å². The molecular weight excluding hydrogens is 378 g/mol. The highest BCUT2D eigenvalue weighted by atomic mass is 16.5. The average Bonchev–Trinajstić information content (AvgIpc) is 2.77. The number of hydrogen-bond acceptors (Lipinski definition) is 5. The molecule has 0 N–H and O–H groups in total. The van der Waals surface area contributed by atoms with Crippen LogP contribution >= 0.6 is 0 Å². The Morgan fingerprint density at radius 2 is 1.70 bits per heavy atom. The van der Waals surface area contributed by atoms with Crippen LogP contribution in [0.5, 0.6) is 23.0 Å². The number of methoxy groups -OCH3 is 3. The molecule has 0 fully saturated rings. The van der Waals surface area contributed by atoms with E-state index in [2.05, 4.69) is 37.1 Å². The van der Waals surface area contributed by atoms with Gasteiger partial charge < -0.3 is 18.9 Å². The molecule has 5 nitrogen and oxygen atoms in total. The maximum absolute atomic E-state index is 6.12. The maximum atomic E-state index is 6.12. The third kappa shape index (κ3) is 3.49. The van der Waals surface area contributed by atoms with Gasteiger partial charge in [0.2, 0.25) is 0 Å². The summed E-state index contributed by atoms with van der Waals surface area (Å²) in [5.41, 5.74) is 6.29. The van der Waals surface area contributed by atoms with Crippen LogP contribution < -0.4 is 18.9 Å². The lowest BCUT2D eigenvalue weighted by atomic mass is 9.76. The zero-order valence-corrected chi connectivity index (χ0v) is 18.8. The lowest BCUT2D eigenvalue weighted by Gasteiger charge is -2.40. The summed E-state index contributed by atoms with van der Waals surface area (Å²) in [5.74, 6) is 3.19. The number of unbranched alkanes of at least 4 members (excludes halogenated alkanes) is 2. The second-order valence-electron chi connectivity index (χ2n) is 8.23. The molecule has 0 spiro atoms. The molecule has 0 aromatic heterocycles. The van der Waals surface area contributed by atoms with Gasteiger partial charge in [0.05, 0.1) is 27.9 Å². The number of rotatable bonds is 8. The molecule has 1 aliphatic carbocycles.